The van der Waals surface area contributed by atoms with Gasteiger partial charge in [0.2, 0.25) is 0 Å². The molecule has 2 N–H and O–H groups in total. The van der Waals surface area contributed by atoms with Crippen LogP contribution in [0, 0.1) is 19.8 Å². The minimum atomic E-state index is 0.223. The predicted octanol–water partition coefficient (Wildman–Crippen LogP) is 2.87. The molecular weight excluding hydrogens is 208 g/mol. The van der Waals surface area contributed by atoms with Gasteiger partial charge in [0.1, 0.15) is 0 Å². The Bertz CT molecular complexity index is 389. The zero-order chi connectivity index (χ0) is 12.6. The van der Waals surface area contributed by atoms with Gasteiger partial charge in [0.05, 0.1) is 0 Å². The van der Waals surface area contributed by atoms with Crippen LogP contribution >= 0.6 is 0 Å². The van der Waals surface area contributed by atoms with E-state index in [-0.39, 0.29) is 5.54 Å². The minimum absolute atomic E-state index is 0.223. The summed E-state index contributed by atoms with van der Waals surface area (Å²) in [7, 11) is 0. The summed E-state index contributed by atoms with van der Waals surface area (Å²) in [5.41, 5.74) is 10.2. The molecule has 0 radical (unpaired) electrons. The van der Waals surface area contributed by atoms with E-state index in [1.807, 2.05) is 0 Å². The zero-order valence-electron chi connectivity index (χ0n) is 11.5. The average Bonchev–Trinajstić information content (AvgIpc) is 2.54. The van der Waals surface area contributed by atoms with E-state index >= 15 is 0 Å². The molecule has 1 aromatic carbocycles. The van der Waals surface area contributed by atoms with Gasteiger partial charge in [-0.2, -0.15) is 0 Å². The largest absolute Gasteiger partial charge is 0.366 e. The van der Waals surface area contributed by atoms with E-state index in [2.05, 4.69) is 50.8 Å². The van der Waals surface area contributed by atoms with Gasteiger partial charge < -0.3 is 10.6 Å². The quantitative estimate of drug-likeness (QED) is 0.849. The Morgan fingerprint density at radius 2 is 1.88 bits per heavy atom. The van der Waals surface area contributed by atoms with Crippen LogP contribution in [0.2, 0.25) is 0 Å². The van der Waals surface area contributed by atoms with E-state index in [0.29, 0.717) is 5.92 Å². The lowest BCUT2D eigenvalue weighted by molar-refractivity contribution is 0.476. The molecule has 1 heterocycles. The predicted molar refractivity (Wildman–Crippen MR) is 74.5 cm³/mol. The number of hydrogen-bond donors (Lipinski definition) is 1. The Hall–Kier alpha value is -1.02. The van der Waals surface area contributed by atoms with E-state index in [1.165, 1.54) is 23.2 Å². The lowest BCUT2D eigenvalue weighted by Crippen LogP contribution is -2.39. The number of anilines is 1. The number of benzene rings is 1. The normalized spacial score (nSPS) is 23.1. The van der Waals surface area contributed by atoms with Crippen molar-refractivity contribution in [3.8, 4) is 0 Å². The van der Waals surface area contributed by atoms with Gasteiger partial charge >= 0.3 is 0 Å². The average molecular weight is 232 g/mol. The zero-order valence-corrected chi connectivity index (χ0v) is 11.5. The van der Waals surface area contributed by atoms with Gasteiger partial charge in [0.25, 0.3) is 0 Å². The molecule has 2 rings (SSSR count). The molecule has 1 aromatic rings. The number of rotatable bonds is 2. The summed E-state index contributed by atoms with van der Waals surface area (Å²) < 4.78 is 0. The van der Waals surface area contributed by atoms with Gasteiger partial charge in [0, 0.05) is 17.8 Å². The van der Waals surface area contributed by atoms with E-state index < -0.39 is 0 Å². The first kappa shape index (κ1) is 12.4. The highest BCUT2D eigenvalue weighted by Crippen LogP contribution is 2.39. The summed E-state index contributed by atoms with van der Waals surface area (Å²) >= 11 is 0. The molecule has 1 atom stereocenters. The van der Waals surface area contributed by atoms with Crippen molar-refractivity contribution in [1.82, 2.24) is 0 Å². The van der Waals surface area contributed by atoms with Crippen molar-refractivity contribution in [2.75, 3.05) is 18.0 Å². The molecule has 0 spiro atoms. The number of hydrogen-bond acceptors (Lipinski definition) is 2. The van der Waals surface area contributed by atoms with Crippen molar-refractivity contribution in [3.05, 3.63) is 29.3 Å². The highest BCUT2D eigenvalue weighted by molar-refractivity contribution is 5.61. The third kappa shape index (κ3) is 2.19. The molecule has 1 aliphatic rings. The molecule has 0 amide bonds. The molecule has 1 fully saturated rings. The Balaban J connectivity index is 2.40. The van der Waals surface area contributed by atoms with Gasteiger partial charge in [-0.15, -0.1) is 0 Å². The van der Waals surface area contributed by atoms with Gasteiger partial charge in [-0.05, 0) is 57.7 Å². The third-order valence-electron chi connectivity index (χ3n) is 4.00. The summed E-state index contributed by atoms with van der Waals surface area (Å²) in [6, 6.07) is 6.54. The molecule has 1 saturated heterocycles. The molecular formula is C15H24N2. The number of aryl methyl sites for hydroxylation is 2. The second kappa shape index (κ2) is 4.34. The maximum atomic E-state index is 5.84. The fraction of sp³-hybridized carbons (Fsp3) is 0.600. The monoisotopic (exact) mass is 232 g/mol. The fourth-order valence-corrected chi connectivity index (χ4v) is 3.17. The molecule has 94 valence electrons. The van der Waals surface area contributed by atoms with Crippen LogP contribution in [0.1, 0.15) is 31.4 Å². The summed E-state index contributed by atoms with van der Waals surface area (Å²) in [6.45, 7) is 10.9. The van der Waals surface area contributed by atoms with Crippen molar-refractivity contribution < 1.29 is 0 Å². The molecule has 2 nitrogen and oxygen atoms in total. The van der Waals surface area contributed by atoms with Gasteiger partial charge in [-0.3, -0.25) is 0 Å². The number of para-hydroxylation sites is 1. The summed E-state index contributed by atoms with van der Waals surface area (Å²) in [4.78, 5) is 2.55. The van der Waals surface area contributed by atoms with Gasteiger partial charge in [0.15, 0.2) is 0 Å². The summed E-state index contributed by atoms with van der Waals surface area (Å²) in [6.07, 6.45) is 1.19. The van der Waals surface area contributed by atoms with Gasteiger partial charge in [-0.25, -0.2) is 0 Å². The molecule has 0 bridgehead atoms. The van der Waals surface area contributed by atoms with Crippen molar-refractivity contribution in [2.24, 2.45) is 11.7 Å². The molecule has 17 heavy (non-hydrogen) atoms. The van der Waals surface area contributed by atoms with Crippen LogP contribution in [0.3, 0.4) is 0 Å². The standard InChI is InChI=1S/C15H24N2/c1-11-6-5-7-12(2)14(11)17-10-13(9-16)8-15(17,3)4/h5-7,13H,8-10,16H2,1-4H3. The molecule has 1 unspecified atom stereocenters. The second-order valence-corrected chi connectivity index (χ2v) is 5.97. The van der Waals surface area contributed by atoms with Crippen LogP contribution in [-0.2, 0) is 0 Å². The fourth-order valence-electron chi connectivity index (χ4n) is 3.17. The molecule has 2 heteroatoms. The molecule has 1 aliphatic heterocycles. The lowest BCUT2D eigenvalue weighted by Gasteiger charge is -2.36. The van der Waals surface area contributed by atoms with Crippen molar-refractivity contribution >= 4 is 5.69 Å². The number of nitrogens with zero attached hydrogens (tertiary/aromatic N) is 1. The molecule has 0 aliphatic carbocycles. The second-order valence-electron chi connectivity index (χ2n) is 5.97. The first-order valence-corrected chi connectivity index (χ1v) is 6.49. The maximum absolute atomic E-state index is 5.84. The van der Waals surface area contributed by atoms with Crippen LogP contribution in [0.5, 0.6) is 0 Å². The molecule has 0 saturated carbocycles. The first-order chi connectivity index (χ1) is 7.95. The minimum Gasteiger partial charge on any atom is -0.366 e. The third-order valence-corrected chi connectivity index (χ3v) is 4.00. The van der Waals surface area contributed by atoms with Crippen LogP contribution in [0.15, 0.2) is 18.2 Å². The van der Waals surface area contributed by atoms with Crippen LogP contribution < -0.4 is 10.6 Å². The summed E-state index contributed by atoms with van der Waals surface area (Å²) in [5.74, 6) is 0.629. The summed E-state index contributed by atoms with van der Waals surface area (Å²) in [5, 5.41) is 0. The number of nitrogens with two attached hydrogens (primary N) is 1. The van der Waals surface area contributed by atoms with Crippen molar-refractivity contribution in [2.45, 2.75) is 39.7 Å². The first-order valence-electron chi connectivity index (χ1n) is 6.49. The SMILES string of the molecule is Cc1cccc(C)c1N1CC(CN)CC1(C)C. The Labute approximate surface area is 105 Å². The lowest BCUT2D eigenvalue weighted by atomic mass is 9.95. The Morgan fingerprint density at radius 3 is 2.35 bits per heavy atom. The van der Waals surface area contributed by atoms with Crippen LogP contribution in [0.25, 0.3) is 0 Å². The van der Waals surface area contributed by atoms with Crippen LogP contribution in [-0.4, -0.2) is 18.6 Å². The highest BCUT2D eigenvalue weighted by atomic mass is 15.2. The van der Waals surface area contributed by atoms with Gasteiger partial charge in [-0.1, -0.05) is 18.2 Å². The van der Waals surface area contributed by atoms with E-state index in [4.69, 9.17) is 5.73 Å². The molecule has 0 aromatic heterocycles. The maximum Gasteiger partial charge on any atom is 0.0430 e. The Kier molecular flexibility index (Phi) is 3.17. The van der Waals surface area contributed by atoms with E-state index in [9.17, 15) is 0 Å². The van der Waals surface area contributed by atoms with Crippen molar-refractivity contribution in [3.63, 3.8) is 0 Å². The highest BCUT2D eigenvalue weighted by Gasteiger charge is 2.38. The Morgan fingerprint density at radius 1 is 1.29 bits per heavy atom. The van der Waals surface area contributed by atoms with E-state index in [0.717, 1.165) is 13.1 Å². The topological polar surface area (TPSA) is 29.3 Å². The van der Waals surface area contributed by atoms with E-state index in [1.54, 1.807) is 0 Å². The van der Waals surface area contributed by atoms with Crippen LogP contribution in [0.4, 0.5) is 5.69 Å². The van der Waals surface area contributed by atoms with Crippen molar-refractivity contribution in [1.29, 1.82) is 0 Å². The smallest absolute Gasteiger partial charge is 0.0430 e.